The highest BCUT2D eigenvalue weighted by molar-refractivity contribution is 14.1. The van der Waals surface area contributed by atoms with Gasteiger partial charge in [-0.2, -0.15) is 13.2 Å². The fourth-order valence-corrected chi connectivity index (χ4v) is 6.48. The molecule has 1 aliphatic carbocycles. The molecule has 1 fully saturated rings. The summed E-state index contributed by atoms with van der Waals surface area (Å²) in [4.78, 5) is 2.31. The Hall–Kier alpha value is -2.84. The molecule has 3 aromatic rings. The Kier molecular flexibility index (Phi) is 9.94. The standard InChI is InChI=1S/C36H37F3INO/c1-25-11-8-9-20-41(25)23-31-21-33(36(37,38)39)29(22-35(31)42-24-30-14-6-7-17-34(30)40)19-18-27-15-10-16-32(26(27)2)28-12-4-3-5-13-28/h3-7,10,12-19,22,25,33H,8-9,11,20-21,23-24H2,1-2H3/b19-18+/t25-,33?/m1/s1. The summed E-state index contributed by atoms with van der Waals surface area (Å²) in [5, 5.41) is 0. The van der Waals surface area contributed by atoms with E-state index in [2.05, 4.69) is 34.4 Å². The van der Waals surface area contributed by atoms with Gasteiger partial charge in [-0.25, -0.2) is 0 Å². The van der Waals surface area contributed by atoms with Gasteiger partial charge in [0.05, 0.1) is 5.92 Å². The normalized spacial score (nSPS) is 20.2. The van der Waals surface area contributed by atoms with Crippen LogP contribution >= 0.6 is 22.6 Å². The Labute approximate surface area is 261 Å². The van der Waals surface area contributed by atoms with E-state index in [0.29, 0.717) is 25.0 Å². The van der Waals surface area contributed by atoms with Gasteiger partial charge in [0.2, 0.25) is 0 Å². The number of hydrogen-bond acceptors (Lipinski definition) is 2. The van der Waals surface area contributed by atoms with Gasteiger partial charge >= 0.3 is 6.18 Å². The highest BCUT2D eigenvalue weighted by Gasteiger charge is 2.44. The van der Waals surface area contributed by atoms with Crippen molar-refractivity contribution in [1.82, 2.24) is 4.90 Å². The highest BCUT2D eigenvalue weighted by Crippen LogP contribution is 2.42. The topological polar surface area (TPSA) is 12.5 Å². The lowest BCUT2D eigenvalue weighted by Crippen LogP contribution is -2.40. The molecule has 1 saturated heterocycles. The van der Waals surface area contributed by atoms with Crippen molar-refractivity contribution < 1.29 is 17.9 Å². The third-order valence-electron chi connectivity index (χ3n) is 8.49. The summed E-state index contributed by atoms with van der Waals surface area (Å²) in [5.74, 6) is -1.01. The zero-order valence-electron chi connectivity index (χ0n) is 24.1. The average molecular weight is 684 g/mol. The molecule has 2 nitrogen and oxygen atoms in total. The van der Waals surface area contributed by atoms with Crippen LogP contribution in [0.2, 0.25) is 0 Å². The fraction of sp³-hybridized carbons (Fsp3) is 0.333. The van der Waals surface area contributed by atoms with Crippen LogP contribution in [0.3, 0.4) is 0 Å². The monoisotopic (exact) mass is 683 g/mol. The van der Waals surface area contributed by atoms with Gasteiger partial charge in [0.25, 0.3) is 0 Å². The Balaban J connectivity index is 1.50. The Morgan fingerprint density at radius 2 is 1.71 bits per heavy atom. The van der Waals surface area contributed by atoms with Gasteiger partial charge in [-0.15, -0.1) is 0 Å². The van der Waals surface area contributed by atoms with Crippen LogP contribution in [0.15, 0.2) is 102 Å². The molecule has 0 saturated carbocycles. The van der Waals surface area contributed by atoms with Crippen molar-refractivity contribution in [2.45, 2.75) is 58.4 Å². The summed E-state index contributed by atoms with van der Waals surface area (Å²) in [6.45, 7) is 5.91. The van der Waals surface area contributed by atoms with Crippen LogP contribution in [0.25, 0.3) is 17.2 Å². The van der Waals surface area contributed by atoms with Gasteiger partial charge in [-0.3, -0.25) is 4.90 Å². The predicted molar refractivity (Wildman–Crippen MR) is 174 cm³/mol. The van der Waals surface area contributed by atoms with Crippen LogP contribution in [-0.4, -0.2) is 30.2 Å². The molecule has 0 bridgehead atoms. The number of hydrogen-bond donors (Lipinski definition) is 0. The summed E-state index contributed by atoms with van der Waals surface area (Å²) in [7, 11) is 0. The highest BCUT2D eigenvalue weighted by atomic mass is 127. The van der Waals surface area contributed by atoms with Crippen LogP contribution < -0.4 is 0 Å². The molecule has 3 aromatic carbocycles. The molecule has 1 aliphatic heterocycles. The zero-order chi connectivity index (χ0) is 29.7. The molecule has 5 rings (SSSR count). The van der Waals surface area contributed by atoms with Crippen LogP contribution in [0.1, 0.15) is 49.3 Å². The van der Waals surface area contributed by atoms with E-state index in [1.165, 1.54) is 0 Å². The summed E-state index contributed by atoms with van der Waals surface area (Å²) in [5.41, 5.74) is 6.08. The van der Waals surface area contributed by atoms with Crippen molar-refractivity contribution in [1.29, 1.82) is 0 Å². The SMILES string of the molecule is Cc1c(/C=C/C2=CC(OCc3ccccc3I)=C(CN3CCCC[C@H]3C)CC2C(F)(F)F)cccc1-c1ccccc1. The van der Waals surface area contributed by atoms with Gasteiger partial charge in [-0.1, -0.05) is 85.3 Å². The molecule has 0 amide bonds. The smallest absolute Gasteiger partial charge is 0.396 e. The van der Waals surface area contributed by atoms with E-state index in [1.54, 1.807) is 12.2 Å². The van der Waals surface area contributed by atoms with Crippen molar-refractivity contribution in [3.8, 4) is 11.1 Å². The molecular weight excluding hydrogens is 646 g/mol. The number of allylic oxidation sites excluding steroid dienone is 3. The van der Waals surface area contributed by atoms with Crippen LogP contribution in [0, 0.1) is 16.4 Å². The second-order valence-corrected chi connectivity index (χ2v) is 12.5. The third kappa shape index (κ3) is 7.38. The van der Waals surface area contributed by atoms with E-state index in [4.69, 9.17) is 4.74 Å². The lowest BCUT2D eigenvalue weighted by molar-refractivity contribution is -0.163. The van der Waals surface area contributed by atoms with Crippen molar-refractivity contribution in [3.63, 3.8) is 0 Å². The largest absolute Gasteiger partial charge is 0.489 e. The van der Waals surface area contributed by atoms with Gasteiger partial charge in [0.1, 0.15) is 12.4 Å². The van der Waals surface area contributed by atoms with Crippen molar-refractivity contribution in [2.24, 2.45) is 5.92 Å². The molecule has 0 N–H and O–H groups in total. The molecule has 2 aliphatic rings. The number of rotatable bonds is 8. The predicted octanol–water partition coefficient (Wildman–Crippen LogP) is 10.1. The van der Waals surface area contributed by atoms with Crippen LogP contribution in [0.4, 0.5) is 13.2 Å². The minimum atomic E-state index is -4.36. The minimum absolute atomic E-state index is 0.0901. The number of ether oxygens (including phenoxy) is 1. The number of alkyl halides is 3. The van der Waals surface area contributed by atoms with Crippen molar-refractivity contribution >= 4 is 28.7 Å². The summed E-state index contributed by atoms with van der Waals surface area (Å²) in [6, 6.07) is 24.3. The maximum absolute atomic E-state index is 14.6. The molecule has 6 heteroatoms. The summed E-state index contributed by atoms with van der Waals surface area (Å²) in [6.07, 6.45) is 3.96. The van der Waals surface area contributed by atoms with Crippen LogP contribution in [-0.2, 0) is 11.3 Å². The Morgan fingerprint density at radius 3 is 2.45 bits per heavy atom. The first kappa shape index (κ1) is 30.6. The van der Waals surface area contributed by atoms with E-state index in [9.17, 15) is 13.2 Å². The number of piperidine rings is 1. The lowest BCUT2D eigenvalue weighted by atomic mass is 9.84. The number of likely N-dealkylation sites (tertiary alicyclic amines) is 1. The first-order chi connectivity index (χ1) is 20.2. The van der Waals surface area contributed by atoms with Gasteiger partial charge in [0, 0.05) is 21.7 Å². The van der Waals surface area contributed by atoms with E-state index in [0.717, 1.165) is 62.8 Å². The average Bonchev–Trinajstić information content (AvgIpc) is 2.98. The van der Waals surface area contributed by atoms with E-state index in [1.807, 2.05) is 85.8 Å². The molecule has 2 atom stereocenters. The van der Waals surface area contributed by atoms with Gasteiger partial charge < -0.3 is 4.74 Å². The third-order valence-corrected chi connectivity index (χ3v) is 9.54. The second-order valence-electron chi connectivity index (χ2n) is 11.3. The molecule has 1 unspecified atom stereocenters. The van der Waals surface area contributed by atoms with Gasteiger partial charge in [-0.05, 0) is 108 Å². The molecule has 0 aromatic heterocycles. The zero-order valence-corrected chi connectivity index (χ0v) is 26.3. The molecule has 1 heterocycles. The number of nitrogens with zero attached hydrogens (tertiary/aromatic N) is 1. The van der Waals surface area contributed by atoms with Gasteiger partial charge in [0.15, 0.2) is 0 Å². The molecule has 42 heavy (non-hydrogen) atoms. The quantitative estimate of drug-likeness (QED) is 0.219. The maximum atomic E-state index is 14.6. The van der Waals surface area contributed by atoms with Crippen molar-refractivity contribution in [3.05, 3.63) is 122 Å². The lowest BCUT2D eigenvalue weighted by Gasteiger charge is -2.36. The number of benzene rings is 3. The maximum Gasteiger partial charge on any atom is 0.396 e. The molecular formula is C36H37F3INO. The van der Waals surface area contributed by atoms with E-state index >= 15 is 0 Å². The van der Waals surface area contributed by atoms with Crippen LogP contribution in [0.5, 0.6) is 0 Å². The molecule has 0 spiro atoms. The Bertz CT molecular complexity index is 1470. The number of halogens is 4. The first-order valence-corrected chi connectivity index (χ1v) is 15.7. The first-order valence-electron chi connectivity index (χ1n) is 14.6. The second kappa shape index (κ2) is 13.6. The minimum Gasteiger partial charge on any atom is -0.489 e. The molecule has 220 valence electrons. The Morgan fingerprint density at radius 1 is 0.952 bits per heavy atom. The summed E-state index contributed by atoms with van der Waals surface area (Å²) >= 11 is 2.27. The van der Waals surface area contributed by atoms with Crippen molar-refractivity contribution in [2.75, 3.05) is 13.1 Å². The van der Waals surface area contributed by atoms with E-state index in [-0.39, 0.29) is 12.0 Å². The molecule has 0 radical (unpaired) electrons. The summed E-state index contributed by atoms with van der Waals surface area (Å²) < 4.78 is 51.2. The van der Waals surface area contributed by atoms with E-state index < -0.39 is 12.1 Å². The fourth-order valence-electron chi connectivity index (χ4n) is 5.93.